The van der Waals surface area contributed by atoms with E-state index in [0.29, 0.717) is 43.4 Å². The van der Waals surface area contributed by atoms with Crippen LogP contribution in [0.4, 0.5) is 0 Å². The predicted molar refractivity (Wildman–Crippen MR) is 321 cm³/mol. The summed E-state index contributed by atoms with van der Waals surface area (Å²) in [5, 5.41) is 10.5. The van der Waals surface area contributed by atoms with Crippen molar-refractivity contribution in [2.24, 2.45) is 23.7 Å². The summed E-state index contributed by atoms with van der Waals surface area (Å²) in [6.45, 7) is 13.8. The van der Waals surface area contributed by atoms with Gasteiger partial charge in [-0.25, -0.2) is 9.13 Å². The van der Waals surface area contributed by atoms with Gasteiger partial charge in [0.2, 0.25) is 0 Å². The van der Waals surface area contributed by atoms with Gasteiger partial charge >= 0.3 is 39.5 Å². The van der Waals surface area contributed by atoms with Gasteiger partial charge in [-0.1, -0.05) is 242 Å². The van der Waals surface area contributed by atoms with Gasteiger partial charge in [0.25, 0.3) is 0 Å². The van der Waals surface area contributed by atoms with Crippen molar-refractivity contribution in [3.8, 4) is 0 Å². The van der Waals surface area contributed by atoms with Gasteiger partial charge in [0, 0.05) is 25.7 Å². The van der Waals surface area contributed by atoms with Crippen LogP contribution in [-0.2, 0) is 65.4 Å². The molecule has 0 bridgehead atoms. The van der Waals surface area contributed by atoms with E-state index in [4.69, 9.17) is 37.0 Å². The maximum Gasteiger partial charge on any atom is 0.472 e. The third-order valence-electron chi connectivity index (χ3n) is 14.1. The topological polar surface area (TPSA) is 237 Å². The van der Waals surface area contributed by atoms with Crippen LogP contribution in [0, 0.1) is 23.7 Å². The highest BCUT2D eigenvalue weighted by atomic mass is 31.2. The Morgan fingerprint density at radius 3 is 0.765 bits per heavy atom. The molecule has 0 spiro atoms. The summed E-state index contributed by atoms with van der Waals surface area (Å²) in [6.07, 6.45) is 31.2. The van der Waals surface area contributed by atoms with Crippen molar-refractivity contribution < 1.29 is 80.2 Å². The molecule has 3 N–H and O–H groups in total. The number of esters is 4. The Morgan fingerprint density at radius 1 is 0.309 bits per heavy atom. The van der Waals surface area contributed by atoms with E-state index in [1.54, 1.807) is 0 Å². The molecule has 17 nitrogen and oxygen atoms in total. The van der Waals surface area contributed by atoms with Crippen LogP contribution in [0.2, 0.25) is 0 Å². The first-order chi connectivity index (χ1) is 38.6. The molecule has 19 heteroatoms. The van der Waals surface area contributed by atoms with E-state index in [1.165, 1.54) is 89.9 Å². The van der Waals surface area contributed by atoms with Gasteiger partial charge in [0.1, 0.15) is 19.3 Å². The zero-order chi connectivity index (χ0) is 60.4. The lowest BCUT2D eigenvalue weighted by atomic mass is 10.0. The van der Waals surface area contributed by atoms with Gasteiger partial charge in [0.05, 0.1) is 26.4 Å². The van der Waals surface area contributed by atoms with Crippen molar-refractivity contribution in [1.82, 2.24) is 0 Å². The fraction of sp³-hybridized carbons (Fsp3) is 0.935. The minimum atomic E-state index is -4.94. The van der Waals surface area contributed by atoms with E-state index in [1.807, 2.05) is 0 Å². The van der Waals surface area contributed by atoms with E-state index in [2.05, 4.69) is 55.4 Å². The Labute approximate surface area is 492 Å². The number of phosphoric acid groups is 2. The standard InChI is InChI=1S/C62H120O17P2/c1-52(2)38-30-22-14-12-10-9-11-13-15-26-34-42-59(64)72-48-57(78-61(66)44-36-28-20-17-24-32-40-54(5)6)50-76-80(68,69)74-46-56(63)47-75-81(70,71)77-51-58(79-62(67)45-37-29-21-18-25-33-41-55(7)8)49-73-60(65)43-35-27-19-16-23-31-39-53(3)4/h52-58,63H,9-51H2,1-8H3,(H,68,69)(H,70,71)/t56-,57-,58-/m1/s1. The molecule has 0 radical (unpaired) electrons. The molecule has 0 aromatic heterocycles. The molecule has 2 unspecified atom stereocenters. The van der Waals surface area contributed by atoms with Crippen LogP contribution in [0.3, 0.4) is 0 Å². The largest absolute Gasteiger partial charge is 0.472 e. The first kappa shape index (κ1) is 79.1. The number of hydrogen-bond acceptors (Lipinski definition) is 15. The van der Waals surface area contributed by atoms with Gasteiger partial charge in [-0.3, -0.25) is 37.3 Å². The summed E-state index contributed by atoms with van der Waals surface area (Å²) in [6, 6.07) is 0. The van der Waals surface area contributed by atoms with Crippen molar-refractivity contribution in [2.75, 3.05) is 39.6 Å². The molecule has 0 aromatic rings. The monoisotopic (exact) mass is 1200 g/mol. The van der Waals surface area contributed by atoms with E-state index in [0.717, 1.165) is 102 Å². The number of unbranched alkanes of at least 4 members (excludes halogenated alkanes) is 25. The van der Waals surface area contributed by atoms with Crippen molar-refractivity contribution in [2.45, 2.75) is 311 Å². The highest BCUT2D eigenvalue weighted by Gasteiger charge is 2.30. The van der Waals surface area contributed by atoms with Crippen molar-refractivity contribution in [3.05, 3.63) is 0 Å². The molecule has 0 fully saturated rings. The van der Waals surface area contributed by atoms with Gasteiger partial charge in [-0.2, -0.15) is 0 Å². The summed E-state index contributed by atoms with van der Waals surface area (Å²) >= 11 is 0. The average Bonchev–Trinajstić information content (AvgIpc) is 3.40. The maximum absolute atomic E-state index is 12.9. The zero-order valence-corrected chi connectivity index (χ0v) is 54.2. The zero-order valence-electron chi connectivity index (χ0n) is 52.4. The van der Waals surface area contributed by atoms with Crippen LogP contribution in [0.1, 0.15) is 293 Å². The molecule has 0 heterocycles. The Bertz CT molecular complexity index is 1630. The first-order valence-electron chi connectivity index (χ1n) is 32.2. The maximum atomic E-state index is 12.9. The van der Waals surface area contributed by atoms with Crippen LogP contribution in [-0.4, -0.2) is 96.7 Å². The number of carbonyl (C=O) groups is 4. The SMILES string of the molecule is CC(C)CCCCCCCCCCCCCC(=O)OC[C@H](COP(=O)(O)OC[C@@H](O)COP(=O)(O)OC[C@@H](COC(=O)CCCCCCCCC(C)C)OC(=O)CCCCCCCCC(C)C)OC(=O)CCCCCCCCC(C)C. The second-order valence-electron chi connectivity index (χ2n) is 24.3. The molecule has 0 aromatic carbocycles. The number of aliphatic hydroxyl groups excluding tert-OH is 1. The fourth-order valence-electron chi connectivity index (χ4n) is 9.08. The van der Waals surface area contributed by atoms with Crippen molar-refractivity contribution >= 4 is 39.5 Å². The van der Waals surface area contributed by atoms with E-state index < -0.39 is 97.5 Å². The first-order valence-corrected chi connectivity index (χ1v) is 35.2. The second-order valence-corrected chi connectivity index (χ2v) is 27.3. The summed E-state index contributed by atoms with van der Waals surface area (Å²) in [4.78, 5) is 72.0. The minimum absolute atomic E-state index is 0.100. The highest BCUT2D eigenvalue weighted by molar-refractivity contribution is 7.47. The van der Waals surface area contributed by atoms with Crippen LogP contribution in [0.5, 0.6) is 0 Å². The molecule has 0 aliphatic heterocycles. The Kier molecular flexibility index (Phi) is 51.1. The molecule has 0 aliphatic rings. The Morgan fingerprint density at radius 2 is 0.519 bits per heavy atom. The van der Waals surface area contributed by atoms with Crippen LogP contribution < -0.4 is 0 Å². The van der Waals surface area contributed by atoms with Gasteiger partial charge in [0.15, 0.2) is 12.2 Å². The summed E-state index contributed by atoms with van der Waals surface area (Å²) < 4.78 is 67.8. The van der Waals surface area contributed by atoms with E-state index in [9.17, 15) is 43.2 Å². The fourth-order valence-corrected chi connectivity index (χ4v) is 10.7. The third kappa shape index (κ3) is 56.9. The lowest BCUT2D eigenvalue weighted by Gasteiger charge is -2.21. The number of hydrogen-bond donors (Lipinski definition) is 3. The molecule has 480 valence electrons. The number of carbonyl (C=O) groups excluding carboxylic acids is 4. The van der Waals surface area contributed by atoms with Crippen molar-refractivity contribution in [1.29, 1.82) is 0 Å². The molecule has 0 rings (SSSR count). The molecule has 5 atom stereocenters. The normalized spacial score (nSPS) is 14.5. The number of ether oxygens (including phenoxy) is 4. The average molecular weight is 1200 g/mol. The summed E-state index contributed by atoms with van der Waals surface area (Å²) in [5.41, 5.74) is 0. The molecular formula is C62H120O17P2. The van der Waals surface area contributed by atoms with Gasteiger partial charge in [-0.05, 0) is 49.4 Å². The van der Waals surface area contributed by atoms with Crippen LogP contribution >= 0.6 is 15.6 Å². The quantitative estimate of drug-likeness (QED) is 0.0222. The number of aliphatic hydroxyl groups is 1. The minimum Gasteiger partial charge on any atom is -0.462 e. The molecule has 0 aliphatic carbocycles. The lowest BCUT2D eigenvalue weighted by Crippen LogP contribution is -2.30. The van der Waals surface area contributed by atoms with E-state index in [-0.39, 0.29) is 25.7 Å². The number of rotatable bonds is 59. The number of phosphoric ester groups is 2. The third-order valence-corrected chi connectivity index (χ3v) is 16.0. The van der Waals surface area contributed by atoms with Gasteiger partial charge < -0.3 is 33.8 Å². The Balaban J connectivity index is 5.20. The van der Waals surface area contributed by atoms with Crippen molar-refractivity contribution in [3.63, 3.8) is 0 Å². The summed E-state index contributed by atoms with van der Waals surface area (Å²) in [7, 11) is -9.88. The molecule has 0 saturated carbocycles. The summed E-state index contributed by atoms with van der Waals surface area (Å²) in [5.74, 6) is 0.639. The molecule has 0 saturated heterocycles. The van der Waals surface area contributed by atoms with Crippen LogP contribution in [0.15, 0.2) is 0 Å². The van der Waals surface area contributed by atoms with Crippen LogP contribution in [0.25, 0.3) is 0 Å². The second kappa shape index (κ2) is 52.4. The Hall–Kier alpha value is -1.94. The molecular weight excluding hydrogens is 1080 g/mol. The smallest absolute Gasteiger partial charge is 0.462 e. The highest BCUT2D eigenvalue weighted by Crippen LogP contribution is 2.45. The van der Waals surface area contributed by atoms with Gasteiger partial charge in [-0.15, -0.1) is 0 Å². The molecule has 0 amide bonds. The predicted octanol–water partition coefficient (Wildman–Crippen LogP) is 16.6. The van der Waals surface area contributed by atoms with E-state index >= 15 is 0 Å². The lowest BCUT2D eigenvalue weighted by molar-refractivity contribution is -0.161. The molecule has 81 heavy (non-hydrogen) atoms.